The molecular weight excluding hydrogens is 341 g/mol. The number of carbonyl (C=O) groups excluding carboxylic acids is 2. The molecule has 1 unspecified atom stereocenters. The number of hydrogen-bond donors (Lipinski definition) is 2. The number of nitrogens with one attached hydrogen (secondary N) is 2. The van der Waals surface area contributed by atoms with Gasteiger partial charge in [-0.25, -0.2) is 0 Å². The van der Waals surface area contributed by atoms with Crippen molar-refractivity contribution >= 4 is 45.8 Å². The number of rotatable bonds is 4. The first-order valence-corrected chi connectivity index (χ1v) is 7.19. The molecule has 22 heavy (non-hydrogen) atoms. The maximum absolute atomic E-state index is 12.3. The van der Waals surface area contributed by atoms with Gasteiger partial charge in [0.15, 0.2) is 5.75 Å². The largest absolute Gasteiger partial charge is 0.573 e. The van der Waals surface area contributed by atoms with Crippen molar-refractivity contribution < 1.29 is 27.5 Å². The molecule has 0 aromatic heterocycles. The van der Waals surface area contributed by atoms with Gasteiger partial charge in [0, 0.05) is 6.42 Å². The van der Waals surface area contributed by atoms with Crippen molar-refractivity contribution in [3.63, 3.8) is 0 Å². The molecule has 1 aliphatic rings. The lowest BCUT2D eigenvalue weighted by atomic mass is 10.2. The molecule has 1 atom stereocenters. The summed E-state index contributed by atoms with van der Waals surface area (Å²) in [7, 11) is 0. The quantitative estimate of drug-likeness (QED) is 0.817. The highest BCUT2D eigenvalue weighted by Gasteiger charge is 2.33. The van der Waals surface area contributed by atoms with Gasteiger partial charge in [-0.3, -0.25) is 9.59 Å². The number of ether oxygens (including phenoxy) is 1. The molecule has 0 saturated carbocycles. The Morgan fingerprint density at radius 1 is 1.41 bits per heavy atom. The van der Waals surface area contributed by atoms with E-state index >= 15 is 0 Å². The molecule has 1 heterocycles. The number of thiocarbonyl (C=S) groups is 1. The van der Waals surface area contributed by atoms with Gasteiger partial charge in [-0.05, 0) is 12.1 Å². The van der Waals surface area contributed by atoms with E-state index in [1.54, 1.807) is 0 Å². The lowest BCUT2D eigenvalue weighted by molar-refractivity contribution is -0.274. The molecule has 2 amide bonds. The fraction of sp³-hybridized carbons (Fsp3) is 0.250. The lowest BCUT2D eigenvalue weighted by Crippen LogP contribution is -2.27. The van der Waals surface area contributed by atoms with E-state index in [9.17, 15) is 22.8 Å². The third-order valence-electron chi connectivity index (χ3n) is 2.52. The standard InChI is InChI=1S/C12H9F3N2O3S2/c13-12(14,15)20-7-4-2-1-3-6(7)16-9(18)5-8-10(19)17-11(21)22-8/h1-4,8H,5H2,(H,16,18)(H,17,19,21). The van der Waals surface area contributed by atoms with Crippen molar-refractivity contribution in [2.45, 2.75) is 18.0 Å². The minimum atomic E-state index is -4.87. The average Bonchev–Trinajstić information content (AvgIpc) is 2.68. The van der Waals surface area contributed by atoms with Gasteiger partial charge in [0.2, 0.25) is 11.8 Å². The van der Waals surface area contributed by atoms with Crippen molar-refractivity contribution in [2.24, 2.45) is 0 Å². The molecule has 1 fully saturated rings. The molecule has 2 N–H and O–H groups in total. The van der Waals surface area contributed by atoms with Crippen molar-refractivity contribution in [1.82, 2.24) is 5.32 Å². The number of hydrogen-bond acceptors (Lipinski definition) is 5. The maximum atomic E-state index is 12.3. The van der Waals surface area contributed by atoms with Gasteiger partial charge < -0.3 is 15.4 Å². The summed E-state index contributed by atoms with van der Waals surface area (Å²) in [4.78, 5) is 23.3. The van der Waals surface area contributed by atoms with Crippen LogP contribution in [0.25, 0.3) is 0 Å². The number of thioether (sulfide) groups is 1. The minimum absolute atomic E-state index is 0.129. The van der Waals surface area contributed by atoms with E-state index in [1.807, 2.05) is 0 Å². The van der Waals surface area contributed by atoms with Gasteiger partial charge in [0.1, 0.15) is 4.32 Å². The van der Waals surface area contributed by atoms with Crippen LogP contribution in [0.1, 0.15) is 6.42 Å². The van der Waals surface area contributed by atoms with Crippen LogP contribution in [0.3, 0.4) is 0 Å². The Balaban J connectivity index is 2.03. The molecule has 0 bridgehead atoms. The molecule has 118 valence electrons. The molecule has 5 nitrogen and oxygen atoms in total. The van der Waals surface area contributed by atoms with Crippen LogP contribution in [0.4, 0.5) is 18.9 Å². The summed E-state index contributed by atoms with van der Waals surface area (Å²) in [5.41, 5.74) is -0.129. The highest BCUT2D eigenvalue weighted by atomic mass is 32.2. The third-order valence-corrected chi connectivity index (χ3v) is 3.90. The van der Waals surface area contributed by atoms with E-state index in [2.05, 4.69) is 15.4 Å². The number of anilines is 1. The summed E-state index contributed by atoms with van der Waals surface area (Å²) in [6, 6.07) is 5.14. The molecule has 2 rings (SSSR count). The van der Waals surface area contributed by atoms with Crippen LogP contribution in [0.15, 0.2) is 24.3 Å². The molecule has 1 aliphatic heterocycles. The number of benzene rings is 1. The number of para-hydroxylation sites is 2. The predicted molar refractivity (Wildman–Crippen MR) is 78.5 cm³/mol. The van der Waals surface area contributed by atoms with Crippen LogP contribution in [0.2, 0.25) is 0 Å². The molecule has 1 aromatic carbocycles. The van der Waals surface area contributed by atoms with Gasteiger partial charge in [-0.15, -0.1) is 13.2 Å². The zero-order valence-electron chi connectivity index (χ0n) is 10.8. The SMILES string of the molecule is O=C(CC1SC(=S)NC1=O)Nc1ccccc1OC(F)(F)F. The Kier molecular flexibility index (Phi) is 4.91. The normalized spacial score (nSPS) is 18.0. The second-order valence-electron chi connectivity index (χ2n) is 4.18. The number of alkyl halides is 3. The molecule has 0 radical (unpaired) electrons. The number of amides is 2. The predicted octanol–water partition coefficient (Wildman–Crippen LogP) is 2.43. The topological polar surface area (TPSA) is 67.4 Å². The minimum Gasteiger partial charge on any atom is -0.404 e. The second-order valence-corrected chi connectivity index (χ2v) is 6.06. The van der Waals surface area contributed by atoms with Crippen molar-refractivity contribution in [3.05, 3.63) is 24.3 Å². The first kappa shape index (κ1) is 16.6. The van der Waals surface area contributed by atoms with Gasteiger partial charge in [-0.1, -0.05) is 36.1 Å². The number of carbonyl (C=O) groups is 2. The smallest absolute Gasteiger partial charge is 0.404 e. The van der Waals surface area contributed by atoms with E-state index in [0.717, 1.165) is 17.8 Å². The number of halogens is 3. The average molecular weight is 350 g/mol. The van der Waals surface area contributed by atoms with Gasteiger partial charge in [0.25, 0.3) is 0 Å². The second kappa shape index (κ2) is 6.53. The van der Waals surface area contributed by atoms with E-state index in [4.69, 9.17) is 12.2 Å². The zero-order chi connectivity index (χ0) is 16.3. The summed E-state index contributed by atoms with van der Waals surface area (Å²) in [5, 5.41) is 3.98. The van der Waals surface area contributed by atoms with Crippen molar-refractivity contribution in [2.75, 3.05) is 5.32 Å². The summed E-state index contributed by atoms with van der Waals surface area (Å²) in [5.74, 6) is -1.54. The molecule has 10 heteroatoms. The van der Waals surface area contributed by atoms with E-state index < -0.39 is 29.2 Å². The van der Waals surface area contributed by atoms with Crippen LogP contribution in [0, 0.1) is 0 Å². The fourth-order valence-corrected chi connectivity index (χ4v) is 2.95. The Morgan fingerprint density at radius 2 is 2.09 bits per heavy atom. The zero-order valence-corrected chi connectivity index (χ0v) is 12.4. The third kappa shape index (κ3) is 4.60. The monoisotopic (exact) mass is 350 g/mol. The van der Waals surface area contributed by atoms with Crippen LogP contribution >= 0.6 is 24.0 Å². The Hall–Kier alpha value is -1.81. The summed E-state index contributed by atoms with van der Waals surface area (Å²) in [6.07, 6.45) is -5.08. The molecule has 0 spiro atoms. The first-order chi connectivity index (χ1) is 10.2. The van der Waals surface area contributed by atoms with E-state index in [-0.39, 0.29) is 16.4 Å². The van der Waals surface area contributed by atoms with E-state index in [0.29, 0.717) is 0 Å². The lowest BCUT2D eigenvalue weighted by Gasteiger charge is -2.14. The van der Waals surface area contributed by atoms with E-state index in [1.165, 1.54) is 18.2 Å². The van der Waals surface area contributed by atoms with Crippen molar-refractivity contribution in [1.29, 1.82) is 0 Å². The van der Waals surface area contributed by atoms with Gasteiger partial charge in [0.05, 0.1) is 10.9 Å². The Labute approximate surface area is 132 Å². The van der Waals surface area contributed by atoms with Crippen LogP contribution in [-0.2, 0) is 9.59 Å². The van der Waals surface area contributed by atoms with Crippen LogP contribution in [0.5, 0.6) is 5.75 Å². The molecule has 0 aliphatic carbocycles. The summed E-state index contributed by atoms with van der Waals surface area (Å²) < 4.78 is 40.9. The fourth-order valence-electron chi connectivity index (χ4n) is 1.68. The highest BCUT2D eigenvalue weighted by molar-refractivity contribution is 8.24. The maximum Gasteiger partial charge on any atom is 0.573 e. The summed E-state index contributed by atoms with van der Waals surface area (Å²) in [6.45, 7) is 0. The van der Waals surface area contributed by atoms with Crippen molar-refractivity contribution in [3.8, 4) is 5.75 Å². The summed E-state index contributed by atoms with van der Waals surface area (Å²) >= 11 is 5.82. The molecule has 1 saturated heterocycles. The first-order valence-electron chi connectivity index (χ1n) is 5.91. The Bertz CT molecular complexity index is 622. The van der Waals surface area contributed by atoms with Crippen LogP contribution < -0.4 is 15.4 Å². The molecular formula is C12H9F3N2O3S2. The van der Waals surface area contributed by atoms with Gasteiger partial charge >= 0.3 is 6.36 Å². The van der Waals surface area contributed by atoms with Crippen LogP contribution in [-0.4, -0.2) is 27.7 Å². The van der Waals surface area contributed by atoms with Gasteiger partial charge in [-0.2, -0.15) is 0 Å². The Morgan fingerprint density at radius 3 is 2.68 bits per heavy atom. The molecule has 1 aromatic rings. The highest BCUT2D eigenvalue weighted by Crippen LogP contribution is 2.30.